The van der Waals surface area contributed by atoms with E-state index >= 15 is 0 Å². The summed E-state index contributed by atoms with van der Waals surface area (Å²) in [5.74, 6) is 0.679. The van der Waals surface area contributed by atoms with Crippen molar-refractivity contribution in [1.29, 1.82) is 0 Å². The highest BCUT2D eigenvalue weighted by Gasteiger charge is 2.17. The fraction of sp³-hybridized carbons (Fsp3) is 0.400. The SMILES string of the molecule is Fc1cc(Cl)cc(OCC2CNC2)c1. The van der Waals surface area contributed by atoms with E-state index in [9.17, 15) is 4.39 Å². The van der Waals surface area contributed by atoms with Gasteiger partial charge >= 0.3 is 0 Å². The maximum atomic E-state index is 12.9. The molecule has 4 heteroatoms. The predicted molar refractivity (Wildman–Crippen MR) is 53.3 cm³/mol. The van der Waals surface area contributed by atoms with Gasteiger partial charge in [0, 0.05) is 30.1 Å². The fourth-order valence-corrected chi connectivity index (χ4v) is 1.50. The van der Waals surface area contributed by atoms with Gasteiger partial charge in [-0.3, -0.25) is 0 Å². The summed E-state index contributed by atoms with van der Waals surface area (Å²) in [4.78, 5) is 0. The minimum Gasteiger partial charge on any atom is -0.493 e. The Morgan fingerprint density at radius 3 is 2.79 bits per heavy atom. The second kappa shape index (κ2) is 4.15. The summed E-state index contributed by atoms with van der Waals surface area (Å²) in [6, 6.07) is 4.23. The molecule has 1 aromatic rings. The molecule has 0 aromatic heterocycles. The first-order chi connectivity index (χ1) is 6.74. The van der Waals surface area contributed by atoms with Crippen LogP contribution in [0, 0.1) is 11.7 Å². The monoisotopic (exact) mass is 215 g/mol. The third-order valence-corrected chi connectivity index (χ3v) is 2.41. The Morgan fingerprint density at radius 2 is 2.21 bits per heavy atom. The van der Waals surface area contributed by atoms with Crippen LogP contribution < -0.4 is 10.1 Å². The molecule has 0 spiro atoms. The molecule has 1 aromatic carbocycles. The molecule has 14 heavy (non-hydrogen) atoms. The largest absolute Gasteiger partial charge is 0.493 e. The normalized spacial score (nSPS) is 16.4. The van der Waals surface area contributed by atoms with Crippen LogP contribution in [0.25, 0.3) is 0 Å². The molecular weight excluding hydrogens is 205 g/mol. The molecule has 1 aliphatic heterocycles. The topological polar surface area (TPSA) is 21.3 Å². The fourth-order valence-electron chi connectivity index (χ4n) is 1.29. The Labute approximate surface area is 87.0 Å². The van der Waals surface area contributed by atoms with Crippen molar-refractivity contribution in [3.63, 3.8) is 0 Å². The van der Waals surface area contributed by atoms with Gasteiger partial charge in [0.05, 0.1) is 6.61 Å². The number of halogens is 2. The van der Waals surface area contributed by atoms with E-state index in [1.54, 1.807) is 6.07 Å². The summed E-state index contributed by atoms with van der Waals surface area (Å²) in [5.41, 5.74) is 0. The number of rotatable bonds is 3. The smallest absolute Gasteiger partial charge is 0.128 e. The van der Waals surface area contributed by atoms with Crippen molar-refractivity contribution in [3.8, 4) is 5.75 Å². The van der Waals surface area contributed by atoms with Gasteiger partial charge in [0.15, 0.2) is 0 Å². The number of hydrogen-bond donors (Lipinski definition) is 1. The van der Waals surface area contributed by atoms with Crippen LogP contribution >= 0.6 is 11.6 Å². The predicted octanol–water partition coefficient (Wildman–Crippen LogP) is 2.08. The molecule has 1 aliphatic rings. The molecular formula is C10H11ClFNO. The van der Waals surface area contributed by atoms with E-state index in [1.807, 2.05) is 0 Å². The molecule has 0 atom stereocenters. The average Bonchev–Trinajstić information content (AvgIpc) is 1.99. The van der Waals surface area contributed by atoms with E-state index in [1.165, 1.54) is 12.1 Å². The van der Waals surface area contributed by atoms with Crippen molar-refractivity contribution >= 4 is 11.6 Å². The average molecular weight is 216 g/mol. The van der Waals surface area contributed by atoms with Crippen LogP contribution in [-0.4, -0.2) is 19.7 Å². The summed E-state index contributed by atoms with van der Waals surface area (Å²) in [6.45, 7) is 2.57. The van der Waals surface area contributed by atoms with E-state index < -0.39 is 0 Å². The van der Waals surface area contributed by atoms with Crippen LogP contribution in [0.4, 0.5) is 4.39 Å². The third-order valence-electron chi connectivity index (χ3n) is 2.19. The molecule has 1 N–H and O–H groups in total. The lowest BCUT2D eigenvalue weighted by Gasteiger charge is -2.26. The van der Waals surface area contributed by atoms with E-state index in [4.69, 9.17) is 16.3 Å². The van der Waals surface area contributed by atoms with Crippen molar-refractivity contribution in [2.75, 3.05) is 19.7 Å². The second-order valence-corrected chi connectivity index (χ2v) is 3.88. The zero-order valence-electron chi connectivity index (χ0n) is 7.59. The Morgan fingerprint density at radius 1 is 1.43 bits per heavy atom. The Balaban J connectivity index is 1.94. The van der Waals surface area contributed by atoms with Gasteiger partial charge in [0.1, 0.15) is 11.6 Å². The minimum atomic E-state index is -0.362. The van der Waals surface area contributed by atoms with Crippen molar-refractivity contribution in [3.05, 3.63) is 29.0 Å². The van der Waals surface area contributed by atoms with E-state index in [-0.39, 0.29) is 5.82 Å². The molecule has 0 bridgehead atoms. The maximum absolute atomic E-state index is 12.9. The quantitative estimate of drug-likeness (QED) is 0.834. The van der Waals surface area contributed by atoms with Gasteiger partial charge in [-0.1, -0.05) is 11.6 Å². The second-order valence-electron chi connectivity index (χ2n) is 3.44. The molecule has 1 fully saturated rings. The minimum absolute atomic E-state index is 0.362. The van der Waals surface area contributed by atoms with Crippen molar-refractivity contribution in [1.82, 2.24) is 5.32 Å². The van der Waals surface area contributed by atoms with Crippen molar-refractivity contribution in [2.45, 2.75) is 0 Å². The highest BCUT2D eigenvalue weighted by atomic mass is 35.5. The molecule has 0 aliphatic carbocycles. The van der Waals surface area contributed by atoms with Gasteiger partial charge in [0.2, 0.25) is 0 Å². The maximum Gasteiger partial charge on any atom is 0.128 e. The first kappa shape index (κ1) is 9.74. The van der Waals surface area contributed by atoms with Crippen LogP contribution in [-0.2, 0) is 0 Å². The Bertz CT molecular complexity index is 308. The molecule has 0 saturated carbocycles. The zero-order chi connectivity index (χ0) is 9.97. The van der Waals surface area contributed by atoms with E-state index in [0.29, 0.717) is 23.3 Å². The molecule has 0 unspecified atom stereocenters. The summed E-state index contributed by atoms with van der Waals surface area (Å²) >= 11 is 5.68. The van der Waals surface area contributed by atoms with Gasteiger partial charge < -0.3 is 10.1 Å². The third kappa shape index (κ3) is 2.36. The molecule has 2 nitrogen and oxygen atoms in total. The van der Waals surface area contributed by atoms with Gasteiger partial charge in [-0.2, -0.15) is 0 Å². The number of ether oxygens (including phenoxy) is 1. The molecule has 0 amide bonds. The molecule has 2 rings (SSSR count). The molecule has 76 valence electrons. The summed E-state index contributed by atoms with van der Waals surface area (Å²) in [7, 11) is 0. The summed E-state index contributed by atoms with van der Waals surface area (Å²) in [5, 5.41) is 3.51. The molecule has 1 heterocycles. The van der Waals surface area contributed by atoms with Crippen molar-refractivity contribution in [2.24, 2.45) is 5.92 Å². The Kier molecular flexibility index (Phi) is 2.89. The van der Waals surface area contributed by atoms with Crippen LogP contribution in [0.5, 0.6) is 5.75 Å². The highest BCUT2D eigenvalue weighted by Crippen LogP contribution is 2.20. The molecule has 0 radical (unpaired) electrons. The number of hydrogen-bond acceptors (Lipinski definition) is 2. The summed E-state index contributed by atoms with van der Waals surface area (Å²) in [6.07, 6.45) is 0. The van der Waals surface area contributed by atoms with Crippen molar-refractivity contribution < 1.29 is 9.13 Å². The van der Waals surface area contributed by atoms with Gasteiger partial charge in [-0.05, 0) is 12.1 Å². The lowest BCUT2D eigenvalue weighted by atomic mass is 10.1. The van der Waals surface area contributed by atoms with Crippen LogP contribution in [0.15, 0.2) is 18.2 Å². The van der Waals surface area contributed by atoms with Crippen LogP contribution in [0.2, 0.25) is 5.02 Å². The van der Waals surface area contributed by atoms with Gasteiger partial charge in [-0.25, -0.2) is 4.39 Å². The summed E-state index contributed by atoms with van der Waals surface area (Å²) < 4.78 is 18.3. The van der Waals surface area contributed by atoms with Crippen LogP contribution in [0.1, 0.15) is 0 Å². The Hall–Kier alpha value is -0.800. The first-order valence-electron chi connectivity index (χ1n) is 4.53. The van der Waals surface area contributed by atoms with Gasteiger partial charge in [-0.15, -0.1) is 0 Å². The van der Waals surface area contributed by atoms with Gasteiger partial charge in [0.25, 0.3) is 0 Å². The number of nitrogens with one attached hydrogen (secondary N) is 1. The molecule has 1 saturated heterocycles. The van der Waals surface area contributed by atoms with E-state index in [0.717, 1.165) is 13.1 Å². The standard InChI is InChI=1S/C10H11ClFNO/c11-8-1-9(12)3-10(2-8)14-6-7-4-13-5-7/h1-3,7,13H,4-6H2. The zero-order valence-corrected chi connectivity index (χ0v) is 8.35. The lowest BCUT2D eigenvalue weighted by Crippen LogP contribution is -2.45. The number of benzene rings is 1. The highest BCUT2D eigenvalue weighted by molar-refractivity contribution is 6.30. The van der Waals surface area contributed by atoms with E-state index in [2.05, 4.69) is 5.32 Å². The first-order valence-corrected chi connectivity index (χ1v) is 4.91. The van der Waals surface area contributed by atoms with Crippen LogP contribution in [0.3, 0.4) is 0 Å². The lowest BCUT2D eigenvalue weighted by molar-refractivity contribution is 0.198.